The molecule has 2 fully saturated rings. The first-order valence-corrected chi connectivity index (χ1v) is 12.5. The molecule has 170 valence electrons. The van der Waals surface area contributed by atoms with Gasteiger partial charge in [-0.3, -0.25) is 4.90 Å². The Morgan fingerprint density at radius 3 is 2.84 bits per heavy atom. The maximum Gasteiger partial charge on any atom is 0.166 e. The lowest BCUT2D eigenvalue weighted by atomic mass is 9.49. The summed E-state index contributed by atoms with van der Waals surface area (Å²) in [6.07, 6.45) is 5.77. The van der Waals surface area contributed by atoms with Crippen LogP contribution < -0.4 is 4.74 Å². The van der Waals surface area contributed by atoms with Gasteiger partial charge in [-0.25, -0.2) is 0 Å². The number of fused-ring (bicyclic) bond motifs is 2. The molecule has 0 unspecified atom stereocenters. The Hall–Kier alpha value is -1.98. The molecule has 5 aliphatic rings. The summed E-state index contributed by atoms with van der Waals surface area (Å²) < 4.78 is 6.64. The highest BCUT2D eigenvalue weighted by Crippen LogP contribution is 2.68. The summed E-state index contributed by atoms with van der Waals surface area (Å²) in [5.74, 6) is 2.18. The molecule has 5 heteroatoms. The number of phenolic OH excluding ortho intramolecular Hbond substituents is 1. The topological polar surface area (TPSA) is 68.7 Å². The number of rotatable bonds is 4. The van der Waals surface area contributed by atoms with Crippen LogP contribution in [-0.2, 0) is 24.7 Å². The van der Waals surface area contributed by atoms with Crippen LogP contribution in [0.3, 0.4) is 0 Å². The molecule has 3 aliphatic carbocycles. The summed E-state index contributed by atoms with van der Waals surface area (Å²) in [5.41, 5.74) is 5.93. The zero-order chi connectivity index (χ0) is 22.0. The monoisotopic (exact) mass is 434 g/mol. The minimum absolute atomic E-state index is 0.0990. The van der Waals surface area contributed by atoms with Crippen LogP contribution in [0.4, 0.5) is 0 Å². The van der Waals surface area contributed by atoms with E-state index < -0.39 is 11.0 Å². The summed E-state index contributed by atoms with van der Waals surface area (Å²) in [5, 5.41) is 23.5. The molecule has 2 aliphatic heterocycles. The van der Waals surface area contributed by atoms with Crippen molar-refractivity contribution in [1.82, 2.24) is 9.88 Å². The van der Waals surface area contributed by atoms with Crippen molar-refractivity contribution in [2.45, 2.75) is 82.5 Å². The van der Waals surface area contributed by atoms with Crippen LogP contribution in [0.15, 0.2) is 12.1 Å². The Balaban J connectivity index is 1.46. The quantitative estimate of drug-likeness (QED) is 0.682. The number of phenols is 1. The maximum absolute atomic E-state index is 12.8. The third kappa shape index (κ3) is 2.22. The van der Waals surface area contributed by atoms with Crippen molar-refractivity contribution in [3.8, 4) is 11.5 Å². The lowest BCUT2D eigenvalue weighted by molar-refractivity contribution is -0.173. The molecule has 1 spiro atoms. The van der Waals surface area contributed by atoms with Gasteiger partial charge in [0.15, 0.2) is 17.6 Å². The van der Waals surface area contributed by atoms with E-state index in [1.165, 1.54) is 35.2 Å². The maximum atomic E-state index is 12.8. The fourth-order valence-electron chi connectivity index (χ4n) is 7.72. The van der Waals surface area contributed by atoms with Gasteiger partial charge in [-0.15, -0.1) is 0 Å². The van der Waals surface area contributed by atoms with Crippen LogP contribution in [0.1, 0.15) is 72.9 Å². The molecule has 1 aromatic carbocycles. The molecule has 3 heterocycles. The molecule has 7 rings (SSSR count). The molecule has 0 radical (unpaired) electrons. The third-order valence-electron chi connectivity index (χ3n) is 9.35. The Kier molecular flexibility index (Phi) is 3.73. The van der Waals surface area contributed by atoms with E-state index in [4.69, 9.17) is 4.74 Å². The van der Waals surface area contributed by atoms with Gasteiger partial charge in [0.2, 0.25) is 0 Å². The molecule has 1 saturated carbocycles. The van der Waals surface area contributed by atoms with Crippen LogP contribution in [0.2, 0.25) is 0 Å². The van der Waals surface area contributed by atoms with Crippen LogP contribution in [0.5, 0.6) is 11.5 Å². The van der Waals surface area contributed by atoms with E-state index in [1.54, 1.807) is 6.07 Å². The lowest BCUT2D eigenvalue weighted by Crippen LogP contribution is -2.74. The molecule has 3 N–H and O–H groups in total. The Morgan fingerprint density at radius 2 is 2.09 bits per heavy atom. The van der Waals surface area contributed by atoms with Gasteiger partial charge in [-0.1, -0.05) is 19.9 Å². The molecule has 1 aromatic heterocycles. The second-order valence-corrected chi connectivity index (χ2v) is 11.6. The SMILES string of the molecule is Cc1c(CC(C)C)[nH]c2c1C[C@@]1(O)[C@H]3Cc4ccc(O)c5c4[C@@]1(CCN3CC1CC1)[C@H]2O5. The van der Waals surface area contributed by atoms with E-state index in [0.717, 1.165) is 49.5 Å². The summed E-state index contributed by atoms with van der Waals surface area (Å²) in [7, 11) is 0. The van der Waals surface area contributed by atoms with Crippen molar-refractivity contribution in [2.75, 3.05) is 13.1 Å². The van der Waals surface area contributed by atoms with Crippen molar-refractivity contribution < 1.29 is 14.9 Å². The largest absolute Gasteiger partial charge is 0.504 e. The molecule has 1 saturated heterocycles. The number of nitrogens with zero attached hydrogens (tertiary/aromatic N) is 1. The number of H-pyrrole nitrogens is 1. The zero-order valence-corrected chi connectivity index (χ0v) is 19.4. The third-order valence-corrected chi connectivity index (χ3v) is 9.35. The molecule has 4 atom stereocenters. The summed E-state index contributed by atoms with van der Waals surface area (Å²) in [6, 6.07) is 3.97. The van der Waals surface area contributed by atoms with Crippen molar-refractivity contribution in [1.29, 1.82) is 0 Å². The Bertz CT molecular complexity index is 1130. The number of hydrogen-bond donors (Lipinski definition) is 3. The number of aromatic nitrogens is 1. The van der Waals surface area contributed by atoms with Gasteiger partial charge in [-0.2, -0.15) is 0 Å². The molecule has 32 heavy (non-hydrogen) atoms. The van der Waals surface area contributed by atoms with Crippen LogP contribution >= 0.6 is 0 Å². The van der Waals surface area contributed by atoms with Gasteiger partial charge in [0.1, 0.15) is 0 Å². The van der Waals surface area contributed by atoms with Crippen molar-refractivity contribution in [3.05, 3.63) is 45.8 Å². The highest BCUT2D eigenvalue weighted by Gasteiger charge is 2.72. The molecule has 5 nitrogen and oxygen atoms in total. The van der Waals surface area contributed by atoms with E-state index in [0.29, 0.717) is 18.1 Å². The standard InChI is InChI=1S/C27H34N2O3/c1-14(2)10-19-15(3)18-12-27(31)21-11-17-6-7-20(30)24-22(17)26(27,25(32-24)23(18)28-19)8-9-29(21)13-16-4-5-16/h6-7,14,16,21,25,28,30-31H,4-5,8-13H2,1-3H3/t21-,25+,26+,27-/m1/s1. The first-order valence-electron chi connectivity index (χ1n) is 12.5. The lowest BCUT2D eigenvalue weighted by Gasteiger charge is -2.62. The number of aromatic hydroxyl groups is 1. The van der Waals surface area contributed by atoms with Gasteiger partial charge in [0, 0.05) is 30.3 Å². The van der Waals surface area contributed by atoms with Crippen LogP contribution in [-0.4, -0.2) is 44.8 Å². The fourth-order valence-corrected chi connectivity index (χ4v) is 7.72. The normalized spacial score (nSPS) is 34.4. The molecular weight excluding hydrogens is 400 g/mol. The van der Waals surface area contributed by atoms with Gasteiger partial charge >= 0.3 is 0 Å². The molecule has 2 aromatic rings. The van der Waals surface area contributed by atoms with Crippen molar-refractivity contribution >= 4 is 0 Å². The summed E-state index contributed by atoms with van der Waals surface area (Å²) >= 11 is 0. The van der Waals surface area contributed by atoms with E-state index in [-0.39, 0.29) is 17.9 Å². The average molecular weight is 435 g/mol. The number of hydrogen-bond acceptors (Lipinski definition) is 4. The van der Waals surface area contributed by atoms with Crippen molar-refractivity contribution in [3.63, 3.8) is 0 Å². The predicted octanol–water partition coefficient (Wildman–Crippen LogP) is 3.93. The van der Waals surface area contributed by atoms with Gasteiger partial charge in [0.05, 0.1) is 16.7 Å². The van der Waals surface area contributed by atoms with E-state index in [2.05, 4.69) is 36.7 Å². The summed E-state index contributed by atoms with van der Waals surface area (Å²) in [4.78, 5) is 6.35. The van der Waals surface area contributed by atoms with Gasteiger partial charge < -0.3 is 19.9 Å². The molecule has 2 bridgehead atoms. The number of aliphatic hydroxyl groups is 1. The number of ether oxygens (including phenoxy) is 1. The van der Waals surface area contributed by atoms with Crippen molar-refractivity contribution in [2.24, 2.45) is 11.8 Å². The number of likely N-dealkylation sites (tertiary alicyclic amines) is 1. The zero-order valence-electron chi connectivity index (χ0n) is 19.4. The molecular formula is C27H34N2O3. The van der Waals surface area contributed by atoms with E-state index in [9.17, 15) is 10.2 Å². The fraction of sp³-hybridized carbons (Fsp3) is 0.630. The average Bonchev–Trinajstić information content (AvgIpc) is 3.41. The summed E-state index contributed by atoms with van der Waals surface area (Å²) in [6.45, 7) is 8.80. The van der Waals surface area contributed by atoms with Crippen LogP contribution in [0.25, 0.3) is 0 Å². The smallest absolute Gasteiger partial charge is 0.166 e. The van der Waals surface area contributed by atoms with Gasteiger partial charge in [0.25, 0.3) is 0 Å². The Morgan fingerprint density at radius 1 is 1.28 bits per heavy atom. The van der Waals surface area contributed by atoms with Gasteiger partial charge in [-0.05, 0) is 80.2 Å². The number of nitrogens with one attached hydrogen (secondary N) is 1. The van der Waals surface area contributed by atoms with E-state index >= 15 is 0 Å². The second kappa shape index (κ2) is 6.12. The molecule has 0 amide bonds. The minimum atomic E-state index is -0.883. The Labute approximate surface area is 189 Å². The first kappa shape index (κ1) is 19.5. The van der Waals surface area contributed by atoms with E-state index in [1.807, 2.05) is 0 Å². The first-order chi connectivity index (χ1) is 15.3. The number of piperidine rings is 1. The van der Waals surface area contributed by atoms with Crippen LogP contribution in [0, 0.1) is 18.8 Å². The second-order valence-electron chi connectivity index (χ2n) is 11.6. The number of benzene rings is 1. The highest BCUT2D eigenvalue weighted by molar-refractivity contribution is 5.65. The number of aromatic amines is 1. The highest BCUT2D eigenvalue weighted by atomic mass is 16.5. The predicted molar refractivity (Wildman–Crippen MR) is 122 cm³/mol. The minimum Gasteiger partial charge on any atom is -0.504 e.